The van der Waals surface area contributed by atoms with E-state index in [9.17, 15) is 0 Å². The van der Waals surface area contributed by atoms with Gasteiger partial charge < -0.3 is 14.9 Å². The molecule has 26 heavy (non-hydrogen) atoms. The smallest absolute Gasteiger partial charge is 0.158 e. The Balaban J connectivity index is 1.72. The summed E-state index contributed by atoms with van der Waals surface area (Å²) in [6, 6.07) is 16.2. The number of nitrogens with one attached hydrogen (secondary N) is 1. The molecule has 0 spiro atoms. The second-order valence-corrected chi connectivity index (χ2v) is 6.59. The first-order valence-corrected chi connectivity index (χ1v) is 8.97. The van der Waals surface area contributed by atoms with Gasteiger partial charge in [-0.3, -0.25) is 0 Å². The minimum atomic E-state index is -0.0756. The van der Waals surface area contributed by atoms with Crippen LogP contribution in [0.3, 0.4) is 0 Å². The lowest BCUT2D eigenvalue weighted by atomic mass is 9.88. The molecule has 2 atom stereocenters. The van der Waals surface area contributed by atoms with E-state index in [1.54, 1.807) is 0 Å². The number of benzene rings is 2. The van der Waals surface area contributed by atoms with Crippen LogP contribution >= 0.6 is 0 Å². The standard InChI is InChI=1S/C21H21N3O2/c22-13-15-4-6-16(7-5-15)19-3-1-2-17(12-18-14-23-10-11-25-18)21(19)20-8-9-24-26-20/h1-7,9,18,20,23H,8,10-12,14H2. The third-order valence-electron chi connectivity index (χ3n) is 4.88. The van der Waals surface area contributed by atoms with Crippen molar-refractivity contribution in [1.29, 1.82) is 5.26 Å². The highest BCUT2D eigenvalue weighted by Crippen LogP contribution is 2.37. The van der Waals surface area contributed by atoms with Gasteiger partial charge >= 0.3 is 0 Å². The van der Waals surface area contributed by atoms with Gasteiger partial charge in [0.25, 0.3) is 0 Å². The lowest BCUT2D eigenvalue weighted by Gasteiger charge is -2.26. The topological polar surface area (TPSA) is 66.6 Å². The van der Waals surface area contributed by atoms with Crippen LogP contribution in [0.1, 0.15) is 29.2 Å². The Labute approximate surface area is 153 Å². The van der Waals surface area contributed by atoms with E-state index >= 15 is 0 Å². The fourth-order valence-electron chi connectivity index (χ4n) is 3.61. The van der Waals surface area contributed by atoms with Gasteiger partial charge in [-0.2, -0.15) is 5.26 Å². The van der Waals surface area contributed by atoms with Crippen molar-refractivity contribution in [3.05, 3.63) is 59.2 Å². The number of hydrogen-bond donors (Lipinski definition) is 1. The minimum Gasteiger partial charge on any atom is -0.388 e. The van der Waals surface area contributed by atoms with Gasteiger partial charge in [0.05, 0.1) is 24.3 Å². The first-order valence-electron chi connectivity index (χ1n) is 8.97. The van der Waals surface area contributed by atoms with Crippen molar-refractivity contribution in [2.75, 3.05) is 19.7 Å². The largest absolute Gasteiger partial charge is 0.388 e. The molecule has 0 bridgehead atoms. The quantitative estimate of drug-likeness (QED) is 0.922. The Morgan fingerprint density at radius 1 is 1.19 bits per heavy atom. The van der Waals surface area contributed by atoms with Crippen molar-refractivity contribution in [3.8, 4) is 17.2 Å². The minimum absolute atomic E-state index is 0.0756. The highest BCUT2D eigenvalue weighted by molar-refractivity contribution is 5.71. The Morgan fingerprint density at radius 2 is 2.08 bits per heavy atom. The zero-order valence-electron chi connectivity index (χ0n) is 14.5. The predicted octanol–water partition coefficient (Wildman–Crippen LogP) is 3.20. The first-order chi connectivity index (χ1) is 12.8. The number of nitriles is 1. The SMILES string of the molecule is N#Cc1ccc(-c2cccc(CC3CNCCO3)c2C2CC=NO2)cc1. The molecule has 2 aliphatic heterocycles. The summed E-state index contributed by atoms with van der Waals surface area (Å²) in [5.41, 5.74) is 5.28. The summed E-state index contributed by atoms with van der Waals surface area (Å²) in [6.45, 7) is 2.52. The fourth-order valence-corrected chi connectivity index (χ4v) is 3.61. The van der Waals surface area contributed by atoms with E-state index in [-0.39, 0.29) is 12.2 Å². The molecule has 0 aromatic heterocycles. The summed E-state index contributed by atoms with van der Waals surface area (Å²) >= 11 is 0. The average Bonchev–Trinajstić information content (AvgIpc) is 3.23. The molecule has 2 aromatic carbocycles. The van der Waals surface area contributed by atoms with E-state index in [4.69, 9.17) is 14.8 Å². The van der Waals surface area contributed by atoms with E-state index < -0.39 is 0 Å². The van der Waals surface area contributed by atoms with Crippen molar-refractivity contribution in [3.63, 3.8) is 0 Å². The van der Waals surface area contributed by atoms with Crippen molar-refractivity contribution >= 4 is 6.21 Å². The normalized spacial score (nSPS) is 22.0. The van der Waals surface area contributed by atoms with Gasteiger partial charge in [-0.25, -0.2) is 0 Å². The lowest BCUT2D eigenvalue weighted by molar-refractivity contribution is 0.0283. The second kappa shape index (κ2) is 7.69. The maximum Gasteiger partial charge on any atom is 0.158 e. The second-order valence-electron chi connectivity index (χ2n) is 6.59. The van der Waals surface area contributed by atoms with Crippen LogP contribution in [0.15, 0.2) is 47.6 Å². The predicted molar refractivity (Wildman–Crippen MR) is 99.8 cm³/mol. The maximum absolute atomic E-state index is 9.05. The van der Waals surface area contributed by atoms with E-state index in [0.717, 1.165) is 43.7 Å². The molecule has 2 heterocycles. The van der Waals surface area contributed by atoms with Crippen molar-refractivity contribution in [1.82, 2.24) is 5.32 Å². The molecule has 5 nitrogen and oxygen atoms in total. The molecule has 5 heteroatoms. The summed E-state index contributed by atoms with van der Waals surface area (Å²) in [5.74, 6) is 0. The number of rotatable bonds is 4. The lowest BCUT2D eigenvalue weighted by Crippen LogP contribution is -2.39. The Morgan fingerprint density at radius 3 is 2.77 bits per heavy atom. The molecule has 2 aliphatic rings. The summed E-state index contributed by atoms with van der Waals surface area (Å²) in [7, 11) is 0. The van der Waals surface area contributed by atoms with Gasteiger partial charge in [0.1, 0.15) is 0 Å². The molecule has 0 saturated carbocycles. The Hall–Kier alpha value is -2.68. The van der Waals surface area contributed by atoms with Gasteiger partial charge in [0, 0.05) is 37.7 Å². The van der Waals surface area contributed by atoms with Gasteiger partial charge in [-0.05, 0) is 28.8 Å². The Kier molecular flexibility index (Phi) is 4.96. The van der Waals surface area contributed by atoms with Crippen LogP contribution in [-0.4, -0.2) is 32.0 Å². The van der Waals surface area contributed by atoms with E-state index in [0.29, 0.717) is 5.56 Å². The van der Waals surface area contributed by atoms with Gasteiger partial charge in [0.15, 0.2) is 6.10 Å². The van der Waals surface area contributed by atoms with Crippen LogP contribution in [0.4, 0.5) is 0 Å². The molecule has 0 aliphatic carbocycles. The van der Waals surface area contributed by atoms with Crippen LogP contribution in [0.2, 0.25) is 0 Å². The van der Waals surface area contributed by atoms with Crippen LogP contribution < -0.4 is 5.32 Å². The fraction of sp³-hybridized carbons (Fsp3) is 0.333. The molecule has 4 rings (SSSR count). The monoisotopic (exact) mass is 347 g/mol. The van der Waals surface area contributed by atoms with Gasteiger partial charge in [-0.15, -0.1) is 0 Å². The maximum atomic E-state index is 9.05. The molecule has 0 radical (unpaired) electrons. The highest BCUT2D eigenvalue weighted by atomic mass is 16.6. The molecular formula is C21H21N3O2. The van der Waals surface area contributed by atoms with Crippen molar-refractivity contribution < 1.29 is 9.57 Å². The molecular weight excluding hydrogens is 326 g/mol. The van der Waals surface area contributed by atoms with Gasteiger partial charge in [-0.1, -0.05) is 35.5 Å². The van der Waals surface area contributed by atoms with Crippen molar-refractivity contribution in [2.45, 2.75) is 25.0 Å². The number of nitrogens with zero attached hydrogens (tertiary/aromatic N) is 2. The number of ether oxygens (including phenoxy) is 1. The zero-order chi connectivity index (χ0) is 17.8. The van der Waals surface area contributed by atoms with E-state index in [1.807, 2.05) is 30.5 Å². The molecule has 1 fully saturated rings. The number of oxime groups is 1. The molecule has 1 saturated heterocycles. The number of hydrogen-bond acceptors (Lipinski definition) is 5. The van der Waals surface area contributed by atoms with Gasteiger partial charge in [0.2, 0.25) is 0 Å². The summed E-state index contributed by atoms with van der Waals surface area (Å²) in [4.78, 5) is 5.64. The van der Waals surface area contributed by atoms with E-state index in [1.165, 1.54) is 11.1 Å². The molecule has 132 valence electrons. The van der Waals surface area contributed by atoms with Crippen LogP contribution in [0.25, 0.3) is 11.1 Å². The first kappa shape index (κ1) is 16.8. The van der Waals surface area contributed by atoms with Crippen LogP contribution in [0, 0.1) is 11.3 Å². The summed E-state index contributed by atoms with van der Waals surface area (Å²) in [6.07, 6.45) is 3.52. The summed E-state index contributed by atoms with van der Waals surface area (Å²) < 4.78 is 5.90. The third-order valence-corrected chi connectivity index (χ3v) is 4.88. The highest BCUT2D eigenvalue weighted by Gasteiger charge is 2.25. The molecule has 2 unspecified atom stereocenters. The number of morpholine rings is 1. The third kappa shape index (κ3) is 3.48. The van der Waals surface area contributed by atoms with Crippen molar-refractivity contribution in [2.24, 2.45) is 5.16 Å². The molecule has 2 aromatic rings. The molecule has 0 amide bonds. The average molecular weight is 347 g/mol. The van der Waals surface area contributed by atoms with Crippen LogP contribution in [0.5, 0.6) is 0 Å². The Bertz CT molecular complexity index is 825. The molecule has 1 N–H and O–H groups in total. The zero-order valence-corrected chi connectivity index (χ0v) is 14.5. The van der Waals surface area contributed by atoms with E-state index in [2.05, 4.69) is 34.7 Å². The van der Waals surface area contributed by atoms with Crippen LogP contribution in [-0.2, 0) is 16.0 Å². The summed E-state index contributed by atoms with van der Waals surface area (Å²) in [5, 5.41) is 16.4.